The van der Waals surface area contributed by atoms with Crippen LogP contribution in [0.15, 0.2) is 24.4 Å². The average molecular weight is 176 g/mol. The van der Waals surface area contributed by atoms with E-state index in [0.717, 1.165) is 11.3 Å². The van der Waals surface area contributed by atoms with E-state index in [9.17, 15) is 4.79 Å². The number of rotatable bonds is 3. The summed E-state index contributed by atoms with van der Waals surface area (Å²) >= 11 is 0. The Bertz CT molecular complexity index is 314. The molecule has 0 aliphatic heterocycles. The van der Waals surface area contributed by atoms with Crippen molar-refractivity contribution in [3.8, 4) is 0 Å². The number of carbonyl (C=O) groups is 1. The summed E-state index contributed by atoms with van der Waals surface area (Å²) in [7, 11) is 0. The van der Waals surface area contributed by atoms with Gasteiger partial charge in [0.2, 0.25) is 5.91 Å². The number of hydrogen-bond donors (Lipinski definition) is 1. The average Bonchev–Trinajstić information content (AvgIpc) is 2.08. The topological polar surface area (TPSA) is 56.0 Å². The molecule has 0 saturated carbocycles. The van der Waals surface area contributed by atoms with Crippen LogP contribution in [-0.2, 0) is 4.79 Å². The fourth-order valence-electron chi connectivity index (χ4n) is 0.889. The van der Waals surface area contributed by atoms with Gasteiger partial charge in [-0.25, -0.2) is 0 Å². The molecule has 1 amide bonds. The summed E-state index contributed by atoms with van der Waals surface area (Å²) < 4.78 is 0. The van der Waals surface area contributed by atoms with Crippen molar-refractivity contribution in [2.24, 2.45) is 5.73 Å². The van der Waals surface area contributed by atoms with Gasteiger partial charge < -0.3 is 5.73 Å². The fourth-order valence-corrected chi connectivity index (χ4v) is 0.889. The van der Waals surface area contributed by atoms with Gasteiger partial charge in [0.15, 0.2) is 0 Å². The summed E-state index contributed by atoms with van der Waals surface area (Å²) in [6, 6.07) is 3.86. The number of hydrogen-bond acceptors (Lipinski definition) is 2. The van der Waals surface area contributed by atoms with E-state index in [1.54, 1.807) is 12.3 Å². The Hall–Kier alpha value is -1.64. The summed E-state index contributed by atoms with van der Waals surface area (Å²) in [5.41, 5.74) is 6.93. The monoisotopic (exact) mass is 176 g/mol. The third-order valence-corrected chi connectivity index (χ3v) is 1.56. The Morgan fingerprint density at radius 1 is 1.62 bits per heavy atom. The van der Waals surface area contributed by atoms with Crippen LogP contribution in [0.1, 0.15) is 17.7 Å². The summed E-state index contributed by atoms with van der Waals surface area (Å²) in [6.07, 6.45) is 5.59. The van der Waals surface area contributed by atoms with Crippen LogP contribution >= 0.6 is 0 Å². The molecular formula is C10H12N2O. The van der Waals surface area contributed by atoms with E-state index in [4.69, 9.17) is 5.73 Å². The van der Waals surface area contributed by atoms with Crippen LogP contribution in [0.3, 0.4) is 0 Å². The number of amides is 1. The number of nitrogens with zero attached hydrogens (tertiary/aromatic N) is 1. The smallest absolute Gasteiger partial charge is 0.221 e. The highest BCUT2D eigenvalue weighted by Crippen LogP contribution is 2.01. The van der Waals surface area contributed by atoms with Gasteiger partial charge in [0.05, 0.1) is 0 Å². The SMILES string of the molecule is Cc1ccc(C=CCC(N)=O)cn1. The highest BCUT2D eigenvalue weighted by molar-refractivity contribution is 5.76. The molecule has 0 atom stereocenters. The second-order valence-corrected chi connectivity index (χ2v) is 2.81. The maximum absolute atomic E-state index is 10.4. The van der Waals surface area contributed by atoms with E-state index in [0.29, 0.717) is 0 Å². The standard InChI is InChI=1S/C10H12N2O/c1-8-5-6-9(7-12-8)3-2-4-10(11)13/h2-3,5-7H,4H2,1H3,(H2,11,13). The summed E-state index contributed by atoms with van der Waals surface area (Å²) in [4.78, 5) is 14.5. The van der Waals surface area contributed by atoms with Crippen LogP contribution in [0.25, 0.3) is 6.08 Å². The molecule has 1 heterocycles. The first-order chi connectivity index (χ1) is 6.18. The minimum Gasteiger partial charge on any atom is -0.369 e. The lowest BCUT2D eigenvalue weighted by Crippen LogP contribution is -2.07. The number of primary amides is 1. The first-order valence-corrected chi connectivity index (χ1v) is 4.06. The van der Waals surface area contributed by atoms with Crippen LogP contribution in [0.2, 0.25) is 0 Å². The predicted octanol–water partition coefficient (Wildman–Crippen LogP) is 1.28. The van der Waals surface area contributed by atoms with Gasteiger partial charge in [-0.15, -0.1) is 0 Å². The Balaban J connectivity index is 2.59. The predicted molar refractivity (Wildman–Crippen MR) is 51.8 cm³/mol. The molecule has 2 N–H and O–H groups in total. The molecule has 0 aliphatic rings. The molecule has 1 aromatic heterocycles. The van der Waals surface area contributed by atoms with Crippen LogP contribution in [0.5, 0.6) is 0 Å². The van der Waals surface area contributed by atoms with E-state index in [-0.39, 0.29) is 12.3 Å². The molecule has 0 aromatic carbocycles. The fraction of sp³-hybridized carbons (Fsp3) is 0.200. The van der Waals surface area contributed by atoms with Gasteiger partial charge in [0.1, 0.15) is 0 Å². The van der Waals surface area contributed by atoms with Gasteiger partial charge >= 0.3 is 0 Å². The molecular weight excluding hydrogens is 164 g/mol. The molecule has 0 radical (unpaired) electrons. The zero-order chi connectivity index (χ0) is 9.68. The van der Waals surface area contributed by atoms with Crippen LogP contribution < -0.4 is 5.73 Å². The first-order valence-electron chi connectivity index (χ1n) is 4.06. The first kappa shape index (κ1) is 9.45. The van der Waals surface area contributed by atoms with Crippen molar-refractivity contribution in [2.75, 3.05) is 0 Å². The van der Waals surface area contributed by atoms with Crippen molar-refractivity contribution < 1.29 is 4.79 Å². The lowest BCUT2D eigenvalue weighted by atomic mass is 10.2. The van der Waals surface area contributed by atoms with Crippen molar-refractivity contribution in [1.29, 1.82) is 0 Å². The second-order valence-electron chi connectivity index (χ2n) is 2.81. The van der Waals surface area contributed by atoms with E-state index in [1.165, 1.54) is 0 Å². The lowest BCUT2D eigenvalue weighted by Gasteiger charge is -1.93. The minimum atomic E-state index is -0.323. The molecule has 0 saturated heterocycles. The summed E-state index contributed by atoms with van der Waals surface area (Å²) in [5, 5.41) is 0. The van der Waals surface area contributed by atoms with E-state index < -0.39 is 0 Å². The third kappa shape index (κ3) is 3.51. The van der Waals surface area contributed by atoms with Gasteiger partial charge in [-0.3, -0.25) is 9.78 Å². The molecule has 0 unspecified atom stereocenters. The van der Waals surface area contributed by atoms with Crippen LogP contribution in [-0.4, -0.2) is 10.9 Å². The minimum absolute atomic E-state index is 0.272. The second kappa shape index (κ2) is 4.40. The number of aromatic nitrogens is 1. The van der Waals surface area contributed by atoms with E-state index >= 15 is 0 Å². The van der Waals surface area contributed by atoms with Crippen LogP contribution in [0.4, 0.5) is 0 Å². The van der Waals surface area contributed by atoms with Gasteiger partial charge in [0, 0.05) is 18.3 Å². The molecule has 0 spiro atoms. The maximum atomic E-state index is 10.4. The zero-order valence-corrected chi connectivity index (χ0v) is 7.53. The van der Waals surface area contributed by atoms with Gasteiger partial charge in [-0.2, -0.15) is 0 Å². The molecule has 1 aromatic rings. The Morgan fingerprint density at radius 3 is 2.92 bits per heavy atom. The highest BCUT2D eigenvalue weighted by Gasteiger charge is 1.89. The number of nitrogens with two attached hydrogens (primary N) is 1. The Labute approximate surface area is 77.3 Å². The van der Waals surface area contributed by atoms with Crippen LogP contribution in [0, 0.1) is 6.92 Å². The lowest BCUT2D eigenvalue weighted by molar-refractivity contribution is -0.117. The Morgan fingerprint density at radius 2 is 2.38 bits per heavy atom. The maximum Gasteiger partial charge on any atom is 0.221 e. The molecule has 1 rings (SSSR count). The van der Waals surface area contributed by atoms with E-state index in [2.05, 4.69) is 4.98 Å². The molecule has 0 aliphatic carbocycles. The molecule has 0 bridgehead atoms. The molecule has 13 heavy (non-hydrogen) atoms. The third-order valence-electron chi connectivity index (χ3n) is 1.56. The summed E-state index contributed by atoms with van der Waals surface area (Å²) in [5.74, 6) is -0.323. The molecule has 3 heteroatoms. The van der Waals surface area contributed by atoms with Gasteiger partial charge in [-0.1, -0.05) is 18.2 Å². The molecule has 68 valence electrons. The zero-order valence-electron chi connectivity index (χ0n) is 7.53. The van der Waals surface area contributed by atoms with Crippen molar-refractivity contribution >= 4 is 12.0 Å². The number of aryl methyl sites for hydroxylation is 1. The number of carbonyl (C=O) groups excluding carboxylic acids is 1. The molecule has 0 fully saturated rings. The largest absolute Gasteiger partial charge is 0.369 e. The van der Waals surface area contributed by atoms with Crippen molar-refractivity contribution in [3.63, 3.8) is 0 Å². The number of pyridine rings is 1. The normalized spacial score (nSPS) is 10.5. The van der Waals surface area contributed by atoms with Crippen molar-refractivity contribution in [2.45, 2.75) is 13.3 Å². The van der Waals surface area contributed by atoms with Crippen molar-refractivity contribution in [1.82, 2.24) is 4.98 Å². The van der Waals surface area contributed by atoms with Crippen molar-refractivity contribution in [3.05, 3.63) is 35.7 Å². The highest BCUT2D eigenvalue weighted by atomic mass is 16.1. The van der Waals surface area contributed by atoms with E-state index in [1.807, 2.05) is 25.1 Å². The van der Waals surface area contributed by atoms with Gasteiger partial charge in [-0.05, 0) is 18.6 Å². The quantitative estimate of drug-likeness (QED) is 0.754. The summed E-state index contributed by atoms with van der Waals surface area (Å²) in [6.45, 7) is 1.93. The Kier molecular flexibility index (Phi) is 3.20. The van der Waals surface area contributed by atoms with Gasteiger partial charge in [0.25, 0.3) is 0 Å². The molecule has 3 nitrogen and oxygen atoms in total.